The third kappa shape index (κ3) is 22.4. The van der Waals surface area contributed by atoms with Gasteiger partial charge >= 0.3 is 35.5 Å². The molecule has 31 heavy (non-hydrogen) atoms. The molecule has 0 fully saturated rings. The second-order valence-corrected chi connectivity index (χ2v) is 8.27. The number of rotatable bonds is 21. The van der Waals surface area contributed by atoms with Crippen LogP contribution in [0.4, 0.5) is 0 Å². The summed E-state index contributed by atoms with van der Waals surface area (Å²) >= 11 is 0. The number of carbonyl (C=O) groups excluding carboxylic acids is 1. The molecule has 0 saturated heterocycles. The van der Waals surface area contributed by atoms with Gasteiger partial charge in [-0.2, -0.15) is 0 Å². The number of hydrogen-bond donors (Lipinski definition) is 2. The van der Waals surface area contributed by atoms with Crippen LogP contribution in [0.25, 0.3) is 0 Å². The van der Waals surface area contributed by atoms with Crippen molar-refractivity contribution in [3.8, 4) is 0 Å². The van der Waals surface area contributed by atoms with Gasteiger partial charge in [0.2, 0.25) is 5.91 Å². The van der Waals surface area contributed by atoms with Crippen LogP contribution in [0.1, 0.15) is 123 Å². The molecular weight excluding hydrogens is 403 g/mol. The molecule has 0 bridgehead atoms. The maximum Gasteiger partial charge on any atom is 1.00 e. The van der Waals surface area contributed by atoms with E-state index >= 15 is 0 Å². The molecule has 6 nitrogen and oxygen atoms in total. The Labute approximate surface area is 212 Å². The van der Waals surface area contributed by atoms with Crippen LogP contribution in [-0.4, -0.2) is 35.5 Å². The molecular formula is C24H45N2NaO4. The Balaban J connectivity index is 0. The van der Waals surface area contributed by atoms with Gasteiger partial charge < -0.3 is 20.5 Å². The minimum absolute atomic E-state index is 0. The van der Waals surface area contributed by atoms with Crippen molar-refractivity contribution in [3.63, 3.8) is 0 Å². The summed E-state index contributed by atoms with van der Waals surface area (Å²) in [5.74, 6) is -1.24. The molecule has 0 heterocycles. The Morgan fingerprint density at radius 1 is 0.806 bits per heavy atom. The van der Waals surface area contributed by atoms with E-state index in [2.05, 4.69) is 24.2 Å². The zero-order chi connectivity index (χ0) is 22.5. The van der Waals surface area contributed by atoms with Crippen molar-refractivity contribution >= 4 is 17.8 Å². The molecule has 7 heteroatoms. The van der Waals surface area contributed by atoms with Crippen LogP contribution in [0.2, 0.25) is 0 Å². The van der Waals surface area contributed by atoms with Crippen LogP contribution in [-0.2, 0) is 9.59 Å². The van der Waals surface area contributed by atoms with Crippen LogP contribution < -0.4 is 40.0 Å². The third-order valence-corrected chi connectivity index (χ3v) is 5.32. The first kappa shape index (κ1) is 32.6. The number of carboxylic acids is 1. The molecule has 0 aromatic rings. The molecule has 0 aliphatic rings. The monoisotopic (exact) mass is 448 g/mol. The first-order valence-corrected chi connectivity index (χ1v) is 12.2. The van der Waals surface area contributed by atoms with Gasteiger partial charge in [0, 0.05) is 13.0 Å². The topological polar surface area (TPSA) is 102 Å². The van der Waals surface area contributed by atoms with Gasteiger partial charge in [-0.05, 0) is 44.4 Å². The molecule has 1 atom stereocenters. The van der Waals surface area contributed by atoms with E-state index in [1.54, 1.807) is 0 Å². The molecule has 0 aliphatic heterocycles. The Hall–Kier alpha value is -0.590. The predicted octanol–water partition coefficient (Wildman–Crippen LogP) is 1.99. The van der Waals surface area contributed by atoms with Gasteiger partial charge in [-0.25, -0.2) is 4.79 Å². The average Bonchev–Trinajstić information content (AvgIpc) is 2.71. The smallest absolute Gasteiger partial charge is 0.862 e. The van der Waals surface area contributed by atoms with Crippen LogP contribution >= 0.6 is 0 Å². The number of carbonyl (C=O) groups is 2. The number of unbranched alkanes of at least 4 members (excludes halogenated alkanes) is 11. The van der Waals surface area contributed by atoms with E-state index in [-0.39, 0.29) is 41.4 Å². The number of nitrogens with zero attached hydrogens (tertiary/aromatic N) is 1. The van der Waals surface area contributed by atoms with Crippen LogP contribution in [0, 0.1) is 0 Å². The second kappa shape index (κ2) is 24.1. The van der Waals surface area contributed by atoms with Gasteiger partial charge in [0.15, 0.2) is 0 Å². The zero-order valence-corrected chi connectivity index (χ0v) is 22.4. The number of aliphatic carboxylic acids is 1. The average molecular weight is 449 g/mol. The van der Waals surface area contributed by atoms with Gasteiger partial charge in [0.1, 0.15) is 6.04 Å². The molecule has 0 aliphatic carbocycles. The van der Waals surface area contributed by atoms with Gasteiger partial charge in [-0.3, -0.25) is 4.79 Å². The molecule has 0 aromatic carbocycles. The Kier molecular flexibility index (Phi) is 25.3. The van der Waals surface area contributed by atoms with Crippen molar-refractivity contribution in [1.82, 2.24) is 5.32 Å². The van der Waals surface area contributed by atoms with E-state index in [1.165, 1.54) is 44.9 Å². The fraction of sp³-hybridized carbons (Fsp3) is 0.875. The Bertz CT molecular complexity index is 472. The van der Waals surface area contributed by atoms with Gasteiger partial charge in [-0.1, -0.05) is 78.1 Å². The molecule has 2 N–H and O–H groups in total. The number of hydrogen-bond acceptors (Lipinski definition) is 4. The SMILES string of the molecule is CCCCCCCCCCCC([O-])=NCCCCC(NC(=O)CCCCC)C(=O)O.[Na+]. The minimum Gasteiger partial charge on any atom is -0.862 e. The van der Waals surface area contributed by atoms with Crippen molar-refractivity contribution in [1.29, 1.82) is 0 Å². The van der Waals surface area contributed by atoms with Gasteiger partial charge in [0.25, 0.3) is 0 Å². The Morgan fingerprint density at radius 3 is 1.90 bits per heavy atom. The summed E-state index contributed by atoms with van der Waals surface area (Å²) < 4.78 is 0. The van der Waals surface area contributed by atoms with Crippen molar-refractivity contribution in [3.05, 3.63) is 0 Å². The summed E-state index contributed by atoms with van der Waals surface area (Å²) in [5.41, 5.74) is 0. The summed E-state index contributed by atoms with van der Waals surface area (Å²) in [5, 5.41) is 23.7. The molecule has 0 spiro atoms. The van der Waals surface area contributed by atoms with Crippen LogP contribution in [0.15, 0.2) is 4.99 Å². The molecule has 1 amide bonds. The summed E-state index contributed by atoms with van der Waals surface area (Å²) in [7, 11) is 0. The second-order valence-electron chi connectivity index (χ2n) is 8.27. The van der Waals surface area contributed by atoms with Gasteiger partial charge in [0.05, 0.1) is 0 Å². The maximum atomic E-state index is 11.8. The number of aliphatic imine (C=N–C) groups is 1. The fourth-order valence-electron chi connectivity index (χ4n) is 3.39. The number of nitrogens with one attached hydrogen (secondary N) is 1. The Morgan fingerprint density at radius 2 is 1.32 bits per heavy atom. The van der Waals surface area contributed by atoms with E-state index in [1.807, 2.05) is 0 Å². The molecule has 1 unspecified atom stereocenters. The summed E-state index contributed by atoms with van der Waals surface area (Å²) in [6.45, 7) is 4.72. The van der Waals surface area contributed by atoms with Crippen molar-refractivity contribution in [2.24, 2.45) is 4.99 Å². The predicted molar refractivity (Wildman–Crippen MR) is 122 cm³/mol. The third-order valence-electron chi connectivity index (χ3n) is 5.32. The van der Waals surface area contributed by atoms with E-state index in [0.717, 1.165) is 32.1 Å². The van der Waals surface area contributed by atoms with Crippen LogP contribution in [0.3, 0.4) is 0 Å². The van der Waals surface area contributed by atoms with Crippen molar-refractivity contribution in [2.45, 2.75) is 129 Å². The largest absolute Gasteiger partial charge is 1.00 e. The van der Waals surface area contributed by atoms with Crippen molar-refractivity contribution in [2.75, 3.05) is 6.54 Å². The van der Waals surface area contributed by atoms with E-state index < -0.39 is 12.0 Å². The number of carboxylic acid groups (broad SMARTS) is 1. The summed E-state index contributed by atoms with van der Waals surface area (Å²) in [4.78, 5) is 27.2. The van der Waals surface area contributed by atoms with E-state index in [0.29, 0.717) is 38.6 Å². The van der Waals surface area contributed by atoms with Crippen molar-refractivity contribution < 1.29 is 49.4 Å². The molecule has 0 radical (unpaired) electrons. The molecule has 0 rings (SSSR count). The van der Waals surface area contributed by atoms with Crippen LogP contribution in [0.5, 0.6) is 0 Å². The summed E-state index contributed by atoms with van der Waals surface area (Å²) in [6, 6.07) is -0.850. The normalized spacial score (nSPS) is 12.3. The first-order valence-electron chi connectivity index (χ1n) is 12.2. The first-order chi connectivity index (χ1) is 14.5. The molecule has 176 valence electrons. The quantitative estimate of drug-likeness (QED) is 0.121. The van der Waals surface area contributed by atoms with E-state index in [4.69, 9.17) is 0 Å². The molecule has 0 aromatic heterocycles. The standard InChI is InChI=1S/C24H46N2O4.Na/c1-3-5-7-8-9-10-11-12-14-18-22(27)25-20-16-15-17-21(24(29)30)26-23(28)19-13-6-4-2;/h21H,3-20H2,1-2H3,(H,25,27)(H,26,28)(H,29,30);/q;+1/p-1. The van der Waals surface area contributed by atoms with E-state index in [9.17, 15) is 19.8 Å². The molecule has 0 saturated carbocycles. The fourth-order valence-corrected chi connectivity index (χ4v) is 3.39. The maximum absolute atomic E-state index is 11.8. The summed E-state index contributed by atoms with van der Waals surface area (Å²) in [6.07, 6.45) is 16.4. The number of amides is 1. The zero-order valence-electron chi connectivity index (χ0n) is 20.4. The van der Waals surface area contributed by atoms with Gasteiger partial charge in [-0.15, -0.1) is 0 Å². The minimum atomic E-state index is -1.00.